The molecule has 2 N–H and O–H groups in total. The largest absolute Gasteiger partial charge is 1.00 e. The Labute approximate surface area is 159 Å². The number of phenols is 1. The third-order valence-corrected chi connectivity index (χ3v) is 4.83. The van der Waals surface area contributed by atoms with Gasteiger partial charge in [-0.1, -0.05) is 30.3 Å². The van der Waals surface area contributed by atoms with Crippen LogP contribution in [0.4, 0.5) is 0 Å². The molecular formula is C21H24ClNO3. The number of rotatable bonds is 5. The smallest absolute Gasteiger partial charge is 0.196 e. The molecule has 138 valence electrons. The van der Waals surface area contributed by atoms with E-state index in [1.165, 1.54) is 4.90 Å². The van der Waals surface area contributed by atoms with Crippen molar-refractivity contribution < 1.29 is 26.8 Å². The second-order valence-corrected chi connectivity index (χ2v) is 6.33. The van der Waals surface area contributed by atoms with Gasteiger partial charge in [0.25, 0.3) is 0 Å². The minimum atomic E-state index is -0.0455. The number of fused-ring (bicyclic) bond motifs is 1. The molecule has 4 nitrogen and oxygen atoms in total. The summed E-state index contributed by atoms with van der Waals surface area (Å²) < 4.78 is 6.19. The Hall–Kier alpha value is -2.30. The van der Waals surface area contributed by atoms with E-state index >= 15 is 0 Å². The van der Waals surface area contributed by atoms with E-state index in [1.54, 1.807) is 19.1 Å². The van der Waals surface area contributed by atoms with Crippen molar-refractivity contribution in [1.29, 1.82) is 0 Å². The van der Waals surface area contributed by atoms with Crippen LogP contribution in [0.2, 0.25) is 0 Å². The SMILES string of the molecule is CC[NH+](CC)Cc1c(O)ccc2c(=O)c(C)c(-c3ccccc3)oc12.[Cl-]. The third-order valence-electron chi connectivity index (χ3n) is 4.83. The van der Waals surface area contributed by atoms with E-state index in [9.17, 15) is 9.90 Å². The van der Waals surface area contributed by atoms with Gasteiger partial charge in [0.05, 0.1) is 24.0 Å². The summed E-state index contributed by atoms with van der Waals surface area (Å²) in [5.74, 6) is 0.748. The number of phenolic OH excluding ortho intramolecular Hbond substituents is 1. The van der Waals surface area contributed by atoms with E-state index in [0.29, 0.717) is 34.4 Å². The lowest BCUT2D eigenvalue weighted by atomic mass is 10.0. The Kier molecular flexibility index (Phi) is 6.46. The Balaban J connectivity index is 0.00000243. The lowest BCUT2D eigenvalue weighted by molar-refractivity contribution is -0.910. The topological polar surface area (TPSA) is 54.9 Å². The fourth-order valence-corrected chi connectivity index (χ4v) is 3.18. The average molecular weight is 374 g/mol. The number of aromatic hydroxyl groups is 1. The summed E-state index contributed by atoms with van der Waals surface area (Å²) >= 11 is 0. The average Bonchev–Trinajstić information content (AvgIpc) is 2.64. The molecule has 0 saturated heterocycles. The van der Waals surface area contributed by atoms with Crippen molar-refractivity contribution in [3.63, 3.8) is 0 Å². The molecule has 0 spiro atoms. The zero-order valence-corrected chi connectivity index (χ0v) is 16.1. The molecule has 1 aromatic heterocycles. The van der Waals surface area contributed by atoms with E-state index in [2.05, 4.69) is 13.8 Å². The fourth-order valence-electron chi connectivity index (χ4n) is 3.18. The van der Waals surface area contributed by atoms with Crippen molar-refractivity contribution in [2.24, 2.45) is 0 Å². The van der Waals surface area contributed by atoms with Crippen LogP contribution in [-0.4, -0.2) is 18.2 Å². The first-order valence-electron chi connectivity index (χ1n) is 8.74. The Morgan fingerprint density at radius 1 is 1.04 bits per heavy atom. The molecule has 0 unspecified atom stereocenters. The summed E-state index contributed by atoms with van der Waals surface area (Å²) in [7, 11) is 0. The minimum absolute atomic E-state index is 0. The van der Waals surface area contributed by atoms with Gasteiger partial charge in [-0.3, -0.25) is 4.79 Å². The van der Waals surface area contributed by atoms with Crippen molar-refractivity contribution in [2.75, 3.05) is 13.1 Å². The molecule has 3 rings (SSSR count). The van der Waals surface area contributed by atoms with Crippen molar-refractivity contribution in [3.05, 3.63) is 63.8 Å². The Morgan fingerprint density at radius 3 is 2.31 bits per heavy atom. The maximum Gasteiger partial charge on any atom is 0.196 e. The zero-order chi connectivity index (χ0) is 18.0. The number of hydrogen-bond acceptors (Lipinski definition) is 3. The standard InChI is InChI=1S/C21H23NO3.ClH/c1-4-22(5-2)13-17-18(23)12-11-16-19(24)14(3)20(25-21(16)17)15-9-7-6-8-10-15;/h6-12,23H,4-5,13H2,1-3H3;1H. The highest BCUT2D eigenvalue weighted by molar-refractivity contribution is 5.84. The maximum absolute atomic E-state index is 12.9. The van der Waals surface area contributed by atoms with E-state index in [-0.39, 0.29) is 23.6 Å². The first kappa shape index (κ1) is 20.0. The van der Waals surface area contributed by atoms with Crippen LogP contribution in [0, 0.1) is 6.92 Å². The monoisotopic (exact) mass is 373 g/mol. The highest BCUT2D eigenvalue weighted by Crippen LogP contribution is 2.30. The predicted octanol–water partition coefficient (Wildman–Crippen LogP) is -0.0973. The van der Waals surface area contributed by atoms with Crippen molar-refractivity contribution >= 4 is 11.0 Å². The van der Waals surface area contributed by atoms with Crippen LogP contribution in [0.15, 0.2) is 51.7 Å². The number of hydrogen-bond donors (Lipinski definition) is 2. The second kappa shape index (κ2) is 8.39. The molecule has 0 fully saturated rings. The normalized spacial score (nSPS) is 10.9. The zero-order valence-electron chi connectivity index (χ0n) is 15.3. The van der Waals surface area contributed by atoms with Crippen LogP contribution in [0.25, 0.3) is 22.3 Å². The lowest BCUT2D eigenvalue weighted by Gasteiger charge is -2.17. The third kappa shape index (κ3) is 3.62. The molecule has 0 aliphatic rings. The molecule has 0 amide bonds. The molecule has 5 heteroatoms. The van der Waals surface area contributed by atoms with Gasteiger partial charge in [-0.15, -0.1) is 0 Å². The van der Waals surface area contributed by atoms with Gasteiger partial charge in [0.15, 0.2) is 11.0 Å². The van der Waals surface area contributed by atoms with E-state index < -0.39 is 0 Å². The molecule has 0 aliphatic heterocycles. The van der Waals surface area contributed by atoms with Gasteiger partial charge < -0.3 is 26.8 Å². The molecule has 0 radical (unpaired) electrons. The van der Waals surface area contributed by atoms with Gasteiger partial charge in [-0.2, -0.15) is 0 Å². The first-order chi connectivity index (χ1) is 12.1. The van der Waals surface area contributed by atoms with Crippen LogP contribution < -0.4 is 22.7 Å². The molecule has 3 aromatic rings. The Bertz CT molecular complexity index is 947. The molecule has 0 aliphatic carbocycles. The molecule has 0 saturated carbocycles. The van der Waals surface area contributed by atoms with Crippen LogP contribution in [0.3, 0.4) is 0 Å². The predicted molar refractivity (Wildman–Crippen MR) is 100 cm³/mol. The highest BCUT2D eigenvalue weighted by Gasteiger charge is 2.19. The first-order valence-corrected chi connectivity index (χ1v) is 8.74. The maximum atomic E-state index is 12.9. The summed E-state index contributed by atoms with van der Waals surface area (Å²) in [4.78, 5) is 14.2. The molecule has 2 aromatic carbocycles. The number of nitrogens with one attached hydrogen (secondary N) is 1. The highest BCUT2D eigenvalue weighted by atomic mass is 35.5. The van der Waals surface area contributed by atoms with E-state index in [1.807, 2.05) is 30.3 Å². The summed E-state index contributed by atoms with van der Waals surface area (Å²) in [5, 5.41) is 10.9. The minimum Gasteiger partial charge on any atom is -1.00 e. The quantitative estimate of drug-likeness (QED) is 0.657. The van der Waals surface area contributed by atoms with Crippen molar-refractivity contribution in [2.45, 2.75) is 27.3 Å². The van der Waals surface area contributed by atoms with Crippen molar-refractivity contribution in [3.8, 4) is 17.1 Å². The van der Waals surface area contributed by atoms with Gasteiger partial charge >= 0.3 is 0 Å². The molecule has 1 heterocycles. The number of halogens is 1. The fraction of sp³-hybridized carbons (Fsp3) is 0.286. The molecular weight excluding hydrogens is 350 g/mol. The van der Waals surface area contributed by atoms with Gasteiger partial charge in [0.1, 0.15) is 18.1 Å². The van der Waals surface area contributed by atoms with Gasteiger partial charge in [-0.25, -0.2) is 0 Å². The van der Waals surface area contributed by atoms with Crippen LogP contribution in [-0.2, 0) is 6.54 Å². The summed E-state index contributed by atoms with van der Waals surface area (Å²) in [6.45, 7) is 8.50. The van der Waals surface area contributed by atoms with Crippen LogP contribution in [0.1, 0.15) is 25.0 Å². The van der Waals surface area contributed by atoms with Crippen molar-refractivity contribution in [1.82, 2.24) is 0 Å². The van der Waals surface area contributed by atoms with E-state index in [4.69, 9.17) is 4.42 Å². The summed E-state index contributed by atoms with van der Waals surface area (Å²) in [5.41, 5.74) is 2.60. The van der Waals surface area contributed by atoms with Gasteiger partial charge in [0.2, 0.25) is 0 Å². The van der Waals surface area contributed by atoms with Gasteiger partial charge in [0, 0.05) is 11.1 Å². The second-order valence-electron chi connectivity index (χ2n) is 6.33. The number of quaternary nitrogens is 1. The molecule has 26 heavy (non-hydrogen) atoms. The van der Waals surface area contributed by atoms with Gasteiger partial charge in [-0.05, 0) is 32.9 Å². The lowest BCUT2D eigenvalue weighted by Crippen LogP contribution is -3.10. The number of benzene rings is 2. The summed E-state index contributed by atoms with van der Waals surface area (Å²) in [6.07, 6.45) is 0. The molecule has 0 atom stereocenters. The Morgan fingerprint density at radius 2 is 1.69 bits per heavy atom. The van der Waals surface area contributed by atoms with E-state index in [0.717, 1.165) is 18.7 Å². The van der Waals surface area contributed by atoms with Crippen LogP contribution >= 0.6 is 0 Å². The summed E-state index contributed by atoms with van der Waals surface area (Å²) in [6, 6.07) is 12.9. The van der Waals surface area contributed by atoms with Crippen LogP contribution in [0.5, 0.6) is 5.75 Å². The molecule has 0 bridgehead atoms.